The SMILES string of the molecule is CN(C)NS(=O)(=O)[C@H]1CCS(=O)(=O)C1. The summed E-state index contributed by atoms with van der Waals surface area (Å²) in [6, 6.07) is 0. The zero-order chi connectivity index (χ0) is 11.0. The van der Waals surface area contributed by atoms with Crippen molar-refractivity contribution in [2.45, 2.75) is 11.7 Å². The van der Waals surface area contributed by atoms with Gasteiger partial charge in [0.15, 0.2) is 9.84 Å². The van der Waals surface area contributed by atoms with Crippen molar-refractivity contribution in [1.82, 2.24) is 9.84 Å². The Morgan fingerprint density at radius 1 is 1.36 bits per heavy atom. The third-order valence-electron chi connectivity index (χ3n) is 1.94. The minimum atomic E-state index is -3.53. The topological polar surface area (TPSA) is 83.6 Å². The van der Waals surface area contributed by atoms with Gasteiger partial charge in [-0.25, -0.2) is 21.8 Å². The number of hydrogen-bond donors (Lipinski definition) is 1. The molecule has 1 N–H and O–H groups in total. The maximum absolute atomic E-state index is 11.5. The Hall–Kier alpha value is -0.180. The highest BCUT2D eigenvalue weighted by Crippen LogP contribution is 2.17. The standard InChI is InChI=1S/C6H14N2O4S2/c1-8(2)7-14(11,12)6-3-4-13(9,10)5-6/h6-7H,3-5H2,1-2H3/t6-/m0/s1. The zero-order valence-corrected chi connectivity index (χ0v) is 9.73. The third kappa shape index (κ3) is 2.91. The second kappa shape index (κ2) is 3.76. The minimum absolute atomic E-state index is 0.0357. The van der Waals surface area contributed by atoms with Gasteiger partial charge in [-0.2, -0.15) is 0 Å². The number of sulfone groups is 1. The molecule has 0 spiro atoms. The van der Waals surface area contributed by atoms with Crippen LogP contribution in [0.25, 0.3) is 0 Å². The van der Waals surface area contributed by atoms with Crippen molar-refractivity contribution < 1.29 is 16.8 Å². The van der Waals surface area contributed by atoms with Gasteiger partial charge in [0.05, 0.1) is 16.8 Å². The van der Waals surface area contributed by atoms with Gasteiger partial charge in [-0.3, -0.25) is 0 Å². The summed E-state index contributed by atoms with van der Waals surface area (Å²) in [5.41, 5.74) is 0. The average Bonchev–Trinajstić information content (AvgIpc) is 2.27. The van der Waals surface area contributed by atoms with E-state index in [4.69, 9.17) is 0 Å². The summed E-state index contributed by atoms with van der Waals surface area (Å²) in [7, 11) is -3.60. The van der Waals surface area contributed by atoms with Crippen LogP contribution in [0, 0.1) is 0 Å². The van der Waals surface area contributed by atoms with Gasteiger partial charge in [-0.1, -0.05) is 0 Å². The van der Waals surface area contributed by atoms with Gasteiger partial charge in [0.25, 0.3) is 0 Å². The van der Waals surface area contributed by atoms with Gasteiger partial charge >= 0.3 is 0 Å². The van der Waals surface area contributed by atoms with E-state index in [2.05, 4.69) is 4.83 Å². The molecule has 1 saturated heterocycles. The summed E-state index contributed by atoms with van der Waals surface area (Å²) >= 11 is 0. The van der Waals surface area contributed by atoms with Gasteiger partial charge in [0.1, 0.15) is 0 Å². The van der Waals surface area contributed by atoms with Gasteiger partial charge in [-0.05, 0) is 6.42 Å². The summed E-state index contributed by atoms with van der Waals surface area (Å²) in [6.07, 6.45) is 0.186. The van der Waals surface area contributed by atoms with Crippen LogP contribution in [0.2, 0.25) is 0 Å². The number of nitrogens with one attached hydrogen (secondary N) is 1. The molecule has 1 fully saturated rings. The van der Waals surface area contributed by atoms with Crippen LogP contribution < -0.4 is 4.83 Å². The molecular weight excluding hydrogens is 228 g/mol. The van der Waals surface area contributed by atoms with E-state index in [0.717, 1.165) is 0 Å². The Balaban J connectivity index is 2.77. The van der Waals surface area contributed by atoms with Crippen molar-refractivity contribution in [2.24, 2.45) is 0 Å². The van der Waals surface area contributed by atoms with Crippen LogP contribution in [0.4, 0.5) is 0 Å². The predicted molar refractivity (Wildman–Crippen MR) is 52.8 cm³/mol. The Labute approximate surface area is 84.2 Å². The van der Waals surface area contributed by atoms with Crippen molar-refractivity contribution in [3.05, 3.63) is 0 Å². The molecule has 1 aliphatic heterocycles. The first-order valence-corrected chi connectivity index (χ1v) is 7.49. The lowest BCUT2D eigenvalue weighted by atomic mass is 10.4. The molecule has 84 valence electrons. The predicted octanol–water partition coefficient (Wildman–Crippen LogP) is -1.43. The molecule has 0 aromatic heterocycles. The van der Waals surface area contributed by atoms with Crippen LogP contribution in [0.1, 0.15) is 6.42 Å². The van der Waals surface area contributed by atoms with E-state index in [9.17, 15) is 16.8 Å². The number of sulfonamides is 1. The fraction of sp³-hybridized carbons (Fsp3) is 1.00. The van der Waals surface area contributed by atoms with Crippen LogP contribution >= 0.6 is 0 Å². The molecular formula is C6H14N2O4S2. The first-order valence-electron chi connectivity index (χ1n) is 4.12. The van der Waals surface area contributed by atoms with E-state index in [-0.39, 0.29) is 17.9 Å². The Morgan fingerprint density at radius 3 is 2.29 bits per heavy atom. The second-order valence-electron chi connectivity index (χ2n) is 3.56. The molecule has 0 aromatic carbocycles. The normalized spacial score (nSPS) is 26.9. The highest BCUT2D eigenvalue weighted by atomic mass is 32.2. The zero-order valence-electron chi connectivity index (χ0n) is 8.10. The Morgan fingerprint density at radius 2 is 1.93 bits per heavy atom. The summed E-state index contributed by atoms with van der Waals surface area (Å²) in [4.78, 5) is 2.24. The van der Waals surface area contributed by atoms with Gasteiger partial charge in [0, 0.05) is 14.1 Å². The van der Waals surface area contributed by atoms with E-state index >= 15 is 0 Å². The number of hydrogen-bond acceptors (Lipinski definition) is 5. The minimum Gasteiger partial charge on any atom is -0.237 e. The quantitative estimate of drug-likeness (QED) is 0.613. The summed E-state index contributed by atoms with van der Waals surface area (Å²) < 4.78 is 45.2. The van der Waals surface area contributed by atoms with Crippen LogP contribution in [0.3, 0.4) is 0 Å². The lowest BCUT2D eigenvalue weighted by molar-refractivity contribution is 0.361. The molecule has 14 heavy (non-hydrogen) atoms. The number of nitrogens with zero attached hydrogens (tertiary/aromatic N) is 1. The molecule has 1 rings (SSSR count). The van der Waals surface area contributed by atoms with Gasteiger partial charge in [-0.15, -0.1) is 4.83 Å². The molecule has 0 bridgehead atoms. The van der Waals surface area contributed by atoms with Crippen molar-refractivity contribution in [3.63, 3.8) is 0 Å². The molecule has 0 aromatic rings. The van der Waals surface area contributed by atoms with Gasteiger partial charge < -0.3 is 0 Å². The molecule has 1 atom stereocenters. The van der Waals surface area contributed by atoms with Crippen LogP contribution in [0.5, 0.6) is 0 Å². The van der Waals surface area contributed by atoms with E-state index in [1.54, 1.807) is 14.1 Å². The fourth-order valence-electron chi connectivity index (χ4n) is 1.33. The average molecular weight is 242 g/mol. The maximum Gasteiger partial charge on any atom is 0.228 e. The van der Waals surface area contributed by atoms with Gasteiger partial charge in [0.2, 0.25) is 10.0 Å². The summed E-state index contributed by atoms with van der Waals surface area (Å²) in [5, 5.41) is 0.482. The molecule has 1 aliphatic rings. The summed E-state index contributed by atoms with van der Waals surface area (Å²) in [6.45, 7) is 0. The van der Waals surface area contributed by atoms with E-state index in [1.807, 2.05) is 0 Å². The lowest BCUT2D eigenvalue weighted by Gasteiger charge is -2.15. The molecule has 0 saturated carbocycles. The molecule has 0 aliphatic carbocycles. The van der Waals surface area contributed by atoms with E-state index in [0.29, 0.717) is 0 Å². The van der Waals surface area contributed by atoms with Crippen molar-refractivity contribution in [2.75, 3.05) is 25.6 Å². The van der Waals surface area contributed by atoms with Crippen molar-refractivity contribution in [1.29, 1.82) is 0 Å². The maximum atomic E-state index is 11.5. The number of hydrazine groups is 1. The first-order chi connectivity index (χ1) is 6.23. The lowest BCUT2D eigenvalue weighted by Crippen LogP contribution is -2.42. The highest BCUT2D eigenvalue weighted by Gasteiger charge is 2.37. The van der Waals surface area contributed by atoms with Crippen molar-refractivity contribution >= 4 is 19.9 Å². The van der Waals surface area contributed by atoms with Crippen LogP contribution in [0.15, 0.2) is 0 Å². The first kappa shape index (κ1) is 11.9. The second-order valence-corrected chi connectivity index (χ2v) is 7.72. The Kier molecular flexibility index (Phi) is 3.20. The third-order valence-corrected chi connectivity index (χ3v) is 5.82. The van der Waals surface area contributed by atoms with E-state index < -0.39 is 25.1 Å². The molecule has 0 unspecified atom stereocenters. The largest absolute Gasteiger partial charge is 0.237 e. The molecule has 8 heteroatoms. The Bertz CT molecular complexity index is 398. The molecule has 1 heterocycles. The van der Waals surface area contributed by atoms with Crippen LogP contribution in [-0.2, 0) is 19.9 Å². The highest BCUT2D eigenvalue weighted by molar-refractivity contribution is 7.95. The summed E-state index contributed by atoms with van der Waals surface area (Å²) in [5.74, 6) is -0.303. The van der Waals surface area contributed by atoms with Crippen molar-refractivity contribution in [3.8, 4) is 0 Å². The molecule has 6 nitrogen and oxygen atoms in total. The number of rotatable bonds is 3. The molecule has 0 amide bonds. The smallest absolute Gasteiger partial charge is 0.228 e. The van der Waals surface area contributed by atoms with Crippen LogP contribution in [-0.4, -0.2) is 52.7 Å². The molecule has 0 radical (unpaired) electrons. The monoisotopic (exact) mass is 242 g/mol. The fourth-order valence-corrected chi connectivity index (χ4v) is 5.45. The van der Waals surface area contributed by atoms with E-state index in [1.165, 1.54) is 5.01 Å².